The number of rotatable bonds is 8. The summed E-state index contributed by atoms with van der Waals surface area (Å²) in [7, 11) is -3.60. The van der Waals surface area contributed by atoms with E-state index in [0.717, 1.165) is 72.6 Å². The standard InChI is InChI=1S/C29H33N5O5S/c35-28(36)20-7-9-22(10-8-20)39-29(21-2-1-12-30-14-21)40(37,38)17-18-3-5-19(6-4-18)24-15-33-34-25-16-32-27-23(26(24)25)11-13-31-27/h7-11,13,15-16,18-19,21,29-30H,1-6,12,14,17H2,(H,31,32)(H,35,36). The number of fused-ring (bicyclic) bond motifs is 3. The molecule has 4 heterocycles. The highest BCUT2D eigenvalue weighted by atomic mass is 32.2. The predicted octanol–water partition coefficient (Wildman–Crippen LogP) is 4.30. The topological polar surface area (TPSA) is 147 Å². The van der Waals surface area contributed by atoms with Crippen LogP contribution in [0, 0.1) is 11.8 Å². The molecule has 3 N–H and O–H groups in total. The summed E-state index contributed by atoms with van der Waals surface area (Å²) in [5, 5.41) is 23.1. The van der Waals surface area contributed by atoms with Crippen molar-refractivity contribution in [1.29, 1.82) is 0 Å². The number of nitrogens with zero attached hydrogens (tertiary/aromatic N) is 3. The van der Waals surface area contributed by atoms with Gasteiger partial charge in [-0.2, -0.15) is 5.10 Å². The van der Waals surface area contributed by atoms with Gasteiger partial charge in [-0.05, 0) is 92.8 Å². The van der Waals surface area contributed by atoms with Gasteiger partial charge in [-0.1, -0.05) is 0 Å². The van der Waals surface area contributed by atoms with Gasteiger partial charge in [-0.3, -0.25) is 0 Å². The predicted molar refractivity (Wildman–Crippen MR) is 151 cm³/mol. The third kappa shape index (κ3) is 5.40. The number of H-pyrrole nitrogens is 1. The average molecular weight is 564 g/mol. The molecule has 2 fully saturated rings. The van der Waals surface area contributed by atoms with Crippen LogP contribution in [0.5, 0.6) is 5.75 Å². The van der Waals surface area contributed by atoms with Crippen LogP contribution in [-0.4, -0.2) is 63.9 Å². The molecule has 6 rings (SSSR count). The van der Waals surface area contributed by atoms with Crippen molar-refractivity contribution >= 4 is 37.7 Å². The highest BCUT2D eigenvalue weighted by Gasteiger charge is 2.38. The second-order valence-electron chi connectivity index (χ2n) is 11.0. The average Bonchev–Trinajstić information content (AvgIpc) is 3.46. The molecule has 3 aromatic heterocycles. The Labute approximate surface area is 232 Å². The van der Waals surface area contributed by atoms with E-state index in [-0.39, 0.29) is 29.1 Å². The number of hydrogen-bond donors (Lipinski definition) is 3. The van der Waals surface area contributed by atoms with Gasteiger partial charge in [0.25, 0.3) is 0 Å². The molecule has 1 aliphatic carbocycles. The van der Waals surface area contributed by atoms with Crippen LogP contribution in [0.2, 0.25) is 0 Å². The number of aromatic carboxylic acids is 1. The Balaban J connectivity index is 1.18. The van der Waals surface area contributed by atoms with E-state index in [9.17, 15) is 18.3 Å². The summed E-state index contributed by atoms with van der Waals surface area (Å²) in [6.07, 6.45) is 10.5. The highest BCUT2D eigenvalue weighted by molar-refractivity contribution is 7.91. The number of benzene rings is 1. The SMILES string of the molecule is O=C(O)c1ccc(OC(C2CCCNC2)S(=O)(=O)CC2CCC(c3cnnc4cnc5[nH]ccc5c34)CC2)cc1. The Morgan fingerprint density at radius 2 is 1.88 bits per heavy atom. The number of carboxylic acids is 1. The molecule has 2 aliphatic rings. The first-order chi connectivity index (χ1) is 19.4. The zero-order chi connectivity index (χ0) is 27.7. The number of carboxylic acid groups (broad SMARTS) is 1. The molecule has 0 amide bonds. The van der Waals surface area contributed by atoms with Gasteiger partial charge >= 0.3 is 5.97 Å². The number of piperidine rings is 1. The maximum Gasteiger partial charge on any atom is 0.335 e. The molecule has 4 aromatic rings. The number of carbonyl (C=O) groups is 1. The van der Waals surface area contributed by atoms with Crippen LogP contribution in [0.25, 0.3) is 21.9 Å². The third-order valence-corrected chi connectivity index (χ3v) is 10.5. The lowest BCUT2D eigenvalue weighted by Crippen LogP contribution is -2.45. The van der Waals surface area contributed by atoms with Gasteiger partial charge in [0.1, 0.15) is 16.9 Å². The summed E-state index contributed by atoms with van der Waals surface area (Å²) in [5.74, 6) is -0.424. The Hall–Kier alpha value is -3.57. The van der Waals surface area contributed by atoms with Gasteiger partial charge in [0.05, 0.1) is 23.7 Å². The zero-order valence-corrected chi connectivity index (χ0v) is 22.9. The van der Waals surface area contributed by atoms with Crippen LogP contribution in [0.1, 0.15) is 60.4 Å². The van der Waals surface area contributed by atoms with E-state index in [0.29, 0.717) is 12.3 Å². The molecule has 10 nitrogen and oxygen atoms in total. The minimum atomic E-state index is -3.60. The molecule has 1 aliphatic heterocycles. The molecule has 2 atom stereocenters. The molecule has 1 saturated carbocycles. The molecule has 0 spiro atoms. The minimum Gasteiger partial charge on any atom is -0.478 e. The molecule has 1 aromatic carbocycles. The van der Waals surface area contributed by atoms with Gasteiger partial charge in [0.2, 0.25) is 5.44 Å². The van der Waals surface area contributed by atoms with E-state index >= 15 is 0 Å². The Morgan fingerprint density at radius 1 is 1.07 bits per heavy atom. The van der Waals surface area contributed by atoms with E-state index in [1.807, 2.05) is 18.5 Å². The van der Waals surface area contributed by atoms with Crippen LogP contribution in [0.3, 0.4) is 0 Å². The molecule has 1 saturated heterocycles. The summed E-state index contributed by atoms with van der Waals surface area (Å²) < 4.78 is 33.8. The van der Waals surface area contributed by atoms with Gasteiger partial charge in [0, 0.05) is 29.4 Å². The van der Waals surface area contributed by atoms with E-state index in [4.69, 9.17) is 4.74 Å². The quantitative estimate of drug-likeness (QED) is 0.285. The van der Waals surface area contributed by atoms with Crippen LogP contribution in [0.15, 0.2) is 48.9 Å². The first-order valence-electron chi connectivity index (χ1n) is 13.9. The monoisotopic (exact) mass is 563 g/mol. The second-order valence-corrected chi connectivity index (χ2v) is 13.2. The van der Waals surface area contributed by atoms with Crippen LogP contribution in [0.4, 0.5) is 0 Å². The molecule has 11 heteroatoms. The van der Waals surface area contributed by atoms with Crippen molar-refractivity contribution in [3.05, 3.63) is 60.0 Å². The summed E-state index contributed by atoms with van der Waals surface area (Å²) in [4.78, 5) is 18.8. The van der Waals surface area contributed by atoms with Gasteiger partial charge in [-0.15, -0.1) is 5.10 Å². The number of aromatic nitrogens is 4. The molecular formula is C29H33N5O5S. The van der Waals surface area contributed by atoms with Crippen LogP contribution < -0.4 is 10.1 Å². The van der Waals surface area contributed by atoms with Crippen molar-refractivity contribution in [3.63, 3.8) is 0 Å². The lowest BCUT2D eigenvalue weighted by Gasteiger charge is -2.33. The van der Waals surface area contributed by atoms with Crippen LogP contribution >= 0.6 is 0 Å². The molecule has 2 unspecified atom stereocenters. The largest absolute Gasteiger partial charge is 0.478 e. The minimum absolute atomic E-state index is 0.0493. The van der Waals surface area contributed by atoms with E-state index in [1.54, 1.807) is 6.20 Å². The van der Waals surface area contributed by atoms with Crippen molar-refractivity contribution in [2.75, 3.05) is 18.8 Å². The number of hydrogen-bond acceptors (Lipinski definition) is 8. The van der Waals surface area contributed by atoms with Gasteiger partial charge < -0.3 is 20.1 Å². The van der Waals surface area contributed by atoms with Crippen molar-refractivity contribution in [1.82, 2.24) is 25.5 Å². The van der Waals surface area contributed by atoms with E-state index in [2.05, 4.69) is 25.5 Å². The molecule has 0 bridgehead atoms. The summed E-state index contributed by atoms with van der Waals surface area (Å²) in [5.41, 5.74) is 1.90. The van der Waals surface area contributed by atoms with Crippen molar-refractivity contribution in [3.8, 4) is 5.75 Å². The fraction of sp³-hybridized carbons (Fsp3) is 0.448. The fourth-order valence-electron chi connectivity index (χ4n) is 6.35. The van der Waals surface area contributed by atoms with Crippen LogP contribution in [-0.2, 0) is 9.84 Å². The normalized spacial score (nSPS) is 22.8. The van der Waals surface area contributed by atoms with Gasteiger partial charge in [0.15, 0.2) is 9.84 Å². The Morgan fingerprint density at radius 3 is 2.60 bits per heavy atom. The van der Waals surface area contributed by atoms with E-state index < -0.39 is 21.2 Å². The summed E-state index contributed by atoms with van der Waals surface area (Å²) >= 11 is 0. The smallest absolute Gasteiger partial charge is 0.335 e. The lowest BCUT2D eigenvalue weighted by molar-refractivity contribution is 0.0696. The summed E-state index contributed by atoms with van der Waals surface area (Å²) in [6, 6.07) is 7.98. The Kier molecular flexibility index (Phi) is 7.41. The molecule has 40 heavy (non-hydrogen) atoms. The number of sulfone groups is 1. The van der Waals surface area contributed by atoms with Crippen molar-refractivity contribution in [2.45, 2.75) is 49.9 Å². The molecular weight excluding hydrogens is 530 g/mol. The zero-order valence-electron chi connectivity index (χ0n) is 22.1. The third-order valence-electron chi connectivity index (χ3n) is 8.40. The highest BCUT2D eigenvalue weighted by Crippen LogP contribution is 2.40. The molecule has 210 valence electrons. The molecule has 0 radical (unpaired) electrons. The first-order valence-corrected chi connectivity index (χ1v) is 15.6. The summed E-state index contributed by atoms with van der Waals surface area (Å²) in [6.45, 7) is 1.44. The Bertz CT molecular complexity index is 1610. The van der Waals surface area contributed by atoms with Crippen molar-refractivity contribution in [2.24, 2.45) is 11.8 Å². The maximum atomic E-state index is 13.8. The lowest BCUT2D eigenvalue weighted by atomic mass is 9.79. The fourth-order valence-corrected chi connectivity index (χ4v) is 8.61. The number of ether oxygens (including phenoxy) is 1. The maximum absolute atomic E-state index is 13.8. The number of aromatic amines is 1. The first kappa shape index (κ1) is 26.6. The second kappa shape index (κ2) is 11.1. The van der Waals surface area contributed by atoms with Gasteiger partial charge in [-0.25, -0.2) is 18.2 Å². The van der Waals surface area contributed by atoms with Crippen molar-refractivity contribution < 1.29 is 23.1 Å². The number of pyridine rings is 1. The number of nitrogens with one attached hydrogen (secondary N) is 2. The van der Waals surface area contributed by atoms with E-state index in [1.165, 1.54) is 24.3 Å².